The largest absolute Gasteiger partial charge is 0.506 e. The summed E-state index contributed by atoms with van der Waals surface area (Å²) in [7, 11) is 0. The van der Waals surface area contributed by atoms with Crippen LogP contribution in [-0.4, -0.2) is 27.4 Å². The molecule has 2 aromatic carbocycles. The van der Waals surface area contributed by atoms with Crippen molar-refractivity contribution in [2.75, 3.05) is 10.2 Å². The zero-order valence-electron chi connectivity index (χ0n) is 16.5. The Balaban J connectivity index is 1.65. The van der Waals surface area contributed by atoms with Gasteiger partial charge < -0.3 is 10.4 Å². The topological polar surface area (TPSA) is 86.7 Å². The number of carbonyl (C=O) groups excluding carboxylic acids is 3. The Kier molecular flexibility index (Phi) is 6.59. The summed E-state index contributed by atoms with van der Waals surface area (Å²) in [6.07, 6.45) is 3.01. The number of thioether (sulfide) groups is 1. The predicted molar refractivity (Wildman–Crippen MR) is 115 cm³/mol. The lowest BCUT2D eigenvalue weighted by Gasteiger charge is -2.14. The first-order valence-corrected chi connectivity index (χ1v) is 10.5. The molecule has 1 aliphatic heterocycles. The molecule has 152 valence electrons. The smallest absolute Gasteiger partial charge is 0.293 e. The SMILES string of the molecule is CCCCc1ccc(N2C(=O)SC(CC(=O)Nc3cc(C)ccc3O)C2=O)cc1. The number of hydrogen-bond acceptors (Lipinski definition) is 5. The van der Waals surface area contributed by atoms with Gasteiger partial charge in [-0.1, -0.05) is 31.5 Å². The first-order valence-electron chi connectivity index (χ1n) is 9.62. The van der Waals surface area contributed by atoms with Crippen LogP contribution in [0.2, 0.25) is 0 Å². The van der Waals surface area contributed by atoms with Crippen LogP contribution in [0.25, 0.3) is 0 Å². The van der Waals surface area contributed by atoms with Gasteiger partial charge in [0, 0.05) is 6.42 Å². The van der Waals surface area contributed by atoms with Gasteiger partial charge in [0.15, 0.2) is 0 Å². The Morgan fingerprint density at radius 3 is 2.59 bits per heavy atom. The number of rotatable bonds is 7. The second-order valence-electron chi connectivity index (χ2n) is 7.09. The van der Waals surface area contributed by atoms with Crippen LogP contribution in [0, 0.1) is 6.92 Å². The molecule has 1 aliphatic rings. The van der Waals surface area contributed by atoms with Gasteiger partial charge in [-0.25, -0.2) is 4.90 Å². The van der Waals surface area contributed by atoms with Crippen LogP contribution in [0.4, 0.5) is 16.2 Å². The number of aryl methyl sites for hydroxylation is 2. The Labute approximate surface area is 174 Å². The zero-order valence-corrected chi connectivity index (χ0v) is 17.3. The van der Waals surface area contributed by atoms with Crippen LogP contribution >= 0.6 is 11.8 Å². The van der Waals surface area contributed by atoms with Gasteiger partial charge in [-0.15, -0.1) is 0 Å². The van der Waals surface area contributed by atoms with Gasteiger partial charge >= 0.3 is 0 Å². The highest BCUT2D eigenvalue weighted by Gasteiger charge is 2.41. The monoisotopic (exact) mass is 412 g/mol. The van der Waals surface area contributed by atoms with Crippen molar-refractivity contribution >= 4 is 40.2 Å². The third kappa shape index (κ3) is 4.98. The Morgan fingerprint density at radius 1 is 1.17 bits per heavy atom. The molecule has 2 N–H and O–H groups in total. The lowest BCUT2D eigenvalue weighted by molar-refractivity contribution is -0.121. The third-order valence-corrected chi connectivity index (χ3v) is 5.77. The van der Waals surface area contributed by atoms with Gasteiger partial charge in [0.25, 0.3) is 5.24 Å². The van der Waals surface area contributed by atoms with Gasteiger partial charge in [-0.2, -0.15) is 0 Å². The normalized spacial score (nSPS) is 16.3. The van der Waals surface area contributed by atoms with E-state index in [1.54, 1.807) is 24.3 Å². The Bertz CT molecular complexity index is 927. The fourth-order valence-corrected chi connectivity index (χ4v) is 4.12. The summed E-state index contributed by atoms with van der Waals surface area (Å²) in [5.74, 6) is -0.874. The number of anilines is 2. The van der Waals surface area contributed by atoms with Crippen LogP contribution < -0.4 is 10.2 Å². The van der Waals surface area contributed by atoms with Crippen molar-refractivity contribution in [2.24, 2.45) is 0 Å². The molecule has 2 aromatic rings. The van der Waals surface area contributed by atoms with E-state index in [0.29, 0.717) is 5.69 Å². The summed E-state index contributed by atoms with van der Waals surface area (Å²) >= 11 is 0.855. The second-order valence-corrected chi connectivity index (χ2v) is 8.24. The number of carbonyl (C=O) groups is 3. The number of aromatic hydroxyl groups is 1. The Morgan fingerprint density at radius 2 is 1.90 bits per heavy atom. The molecule has 1 fully saturated rings. The van der Waals surface area contributed by atoms with Crippen LogP contribution in [-0.2, 0) is 16.0 Å². The summed E-state index contributed by atoms with van der Waals surface area (Å²) < 4.78 is 0. The molecule has 0 saturated carbocycles. The fourth-order valence-electron chi connectivity index (χ4n) is 3.13. The average Bonchev–Trinajstić information content (AvgIpc) is 2.96. The standard InChI is InChI=1S/C22H24N2O4S/c1-3-4-5-15-7-9-16(10-8-15)24-21(27)19(29-22(24)28)13-20(26)23-17-12-14(2)6-11-18(17)25/h6-12,19,25H,3-5,13H2,1-2H3,(H,23,26). The molecule has 7 heteroatoms. The number of imide groups is 1. The molecule has 0 spiro atoms. The minimum atomic E-state index is -0.783. The first-order chi connectivity index (χ1) is 13.9. The molecule has 0 radical (unpaired) electrons. The number of hydrogen-bond donors (Lipinski definition) is 2. The molecule has 3 rings (SSSR count). The molecule has 0 bridgehead atoms. The maximum absolute atomic E-state index is 12.7. The summed E-state index contributed by atoms with van der Waals surface area (Å²) in [6, 6.07) is 12.3. The van der Waals surface area contributed by atoms with E-state index >= 15 is 0 Å². The second kappa shape index (κ2) is 9.13. The van der Waals surface area contributed by atoms with E-state index in [9.17, 15) is 19.5 Å². The summed E-state index contributed by atoms with van der Waals surface area (Å²) in [5, 5.41) is 11.3. The van der Waals surface area contributed by atoms with Gasteiger partial charge in [0.2, 0.25) is 11.8 Å². The van der Waals surface area contributed by atoms with Crippen molar-refractivity contribution in [2.45, 2.75) is 44.8 Å². The molecule has 3 amide bonds. The van der Waals surface area contributed by atoms with Gasteiger partial charge in [-0.3, -0.25) is 14.4 Å². The molecular weight excluding hydrogens is 388 g/mol. The minimum absolute atomic E-state index is 0.0461. The molecule has 1 saturated heterocycles. The van der Waals surface area contributed by atoms with E-state index in [4.69, 9.17) is 0 Å². The number of unbranched alkanes of at least 4 members (excludes halogenated alkanes) is 1. The van der Waals surface area contributed by atoms with Crippen molar-refractivity contribution in [1.29, 1.82) is 0 Å². The molecule has 1 atom stereocenters. The predicted octanol–water partition coefficient (Wildman–Crippen LogP) is 4.64. The van der Waals surface area contributed by atoms with Gasteiger partial charge in [0.1, 0.15) is 11.0 Å². The highest BCUT2D eigenvalue weighted by Crippen LogP contribution is 2.34. The van der Waals surface area contributed by atoms with E-state index < -0.39 is 17.1 Å². The fraction of sp³-hybridized carbons (Fsp3) is 0.318. The number of phenolic OH excluding ortho intramolecular Hbond substituents is 1. The number of nitrogens with one attached hydrogen (secondary N) is 1. The average molecular weight is 413 g/mol. The number of nitrogens with zero attached hydrogens (tertiary/aromatic N) is 1. The minimum Gasteiger partial charge on any atom is -0.506 e. The van der Waals surface area contributed by atoms with E-state index in [1.807, 2.05) is 19.1 Å². The highest BCUT2D eigenvalue weighted by atomic mass is 32.2. The van der Waals surface area contributed by atoms with Crippen molar-refractivity contribution in [3.63, 3.8) is 0 Å². The summed E-state index contributed by atoms with van der Waals surface area (Å²) in [5.41, 5.74) is 2.85. The lowest BCUT2D eigenvalue weighted by atomic mass is 10.1. The molecule has 6 nitrogen and oxygen atoms in total. The Hall–Kier alpha value is -2.80. The van der Waals surface area contributed by atoms with Crippen molar-refractivity contribution in [3.05, 3.63) is 53.6 Å². The maximum atomic E-state index is 12.7. The van der Waals surface area contributed by atoms with Gasteiger partial charge in [-0.05, 0) is 66.9 Å². The number of phenols is 1. The van der Waals surface area contributed by atoms with E-state index in [0.717, 1.165) is 47.1 Å². The molecule has 1 heterocycles. The molecular formula is C22H24N2O4S. The molecule has 1 unspecified atom stereocenters. The quantitative estimate of drug-likeness (QED) is 0.647. The molecule has 0 aliphatic carbocycles. The molecule has 29 heavy (non-hydrogen) atoms. The van der Waals surface area contributed by atoms with Crippen molar-refractivity contribution in [1.82, 2.24) is 0 Å². The van der Waals surface area contributed by atoms with E-state index in [2.05, 4.69) is 12.2 Å². The first kappa shape index (κ1) is 20.9. The van der Waals surface area contributed by atoms with Crippen molar-refractivity contribution in [3.8, 4) is 5.75 Å². The summed E-state index contributed by atoms with van der Waals surface area (Å²) in [4.78, 5) is 38.6. The third-order valence-electron chi connectivity index (χ3n) is 4.73. The van der Waals surface area contributed by atoms with Crippen LogP contribution in [0.15, 0.2) is 42.5 Å². The maximum Gasteiger partial charge on any atom is 0.293 e. The zero-order chi connectivity index (χ0) is 21.0. The molecule has 0 aromatic heterocycles. The summed E-state index contributed by atoms with van der Waals surface area (Å²) in [6.45, 7) is 3.97. The highest BCUT2D eigenvalue weighted by molar-refractivity contribution is 8.15. The van der Waals surface area contributed by atoms with Gasteiger partial charge in [0.05, 0.1) is 11.4 Å². The van der Waals surface area contributed by atoms with Crippen LogP contribution in [0.5, 0.6) is 5.75 Å². The van der Waals surface area contributed by atoms with Crippen LogP contribution in [0.3, 0.4) is 0 Å². The number of amides is 3. The number of benzene rings is 2. The van der Waals surface area contributed by atoms with Crippen LogP contribution in [0.1, 0.15) is 37.3 Å². The van der Waals surface area contributed by atoms with E-state index in [-0.39, 0.29) is 23.1 Å². The van der Waals surface area contributed by atoms with Crippen molar-refractivity contribution < 1.29 is 19.5 Å². The van der Waals surface area contributed by atoms with E-state index in [1.165, 1.54) is 6.07 Å². The lowest BCUT2D eigenvalue weighted by Crippen LogP contribution is -2.33.